The third-order valence-corrected chi connectivity index (χ3v) is 1.45. The van der Waals surface area contributed by atoms with Gasteiger partial charge >= 0.3 is 0 Å². The number of unbranched alkanes of at least 4 members (excludes halogenated alkanes) is 2. The summed E-state index contributed by atoms with van der Waals surface area (Å²) in [6, 6.07) is 0. The summed E-state index contributed by atoms with van der Waals surface area (Å²) in [4.78, 5) is 0. The average Bonchev–Trinajstić information content (AvgIpc) is 2.03. The van der Waals surface area contributed by atoms with E-state index in [1.54, 1.807) is 0 Å². The predicted molar refractivity (Wildman–Crippen MR) is 51.8 cm³/mol. The molecule has 0 atom stereocenters. The van der Waals surface area contributed by atoms with Crippen molar-refractivity contribution in [1.29, 1.82) is 0 Å². The van der Waals surface area contributed by atoms with E-state index in [4.69, 9.17) is 11.6 Å². The summed E-state index contributed by atoms with van der Waals surface area (Å²) in [6.45, 7) is 2.13. The molecular weight excluding hydrogens is 156 g/mol. The first-order chi connectivity index (χ1) is 5.41. The Kier molecular flexibility index (Phi) is 9.23. The van der Waals surface area contributed by atoms with Gasteiger partial charge in [-0.15, -0.1) is 11.6 Å². The zero-order valence-corrected chi connectivity index (χ0v) is 7.82. The number of allylic oxidation sites excluding steroid dienone is 2. The molecule has 1 heteroatoms. The second-order valence-electron chi connectivity index (χ2n) is 2.30. The van der Waals surface area contributed by atoms with E-state index in [-0.39, 0.29) is 0 Å². The summed E-state index contributed by atoms with van der Waals surface area (Å²) in [5, 5.41) is 0. The monoisotopic (exact) mass is 170 g/mol. The van der Waals surface area contributed by atoms with E-state index in [1.807, 2.05) is 6.08 Å². The molecule has 0 aliphatic carbocycles. The van der Waals surface area contributed by atoms with Gasteiger partial charge in [-0.1, -0.05) is 24.8 Å². The summed E-state index contributed by atoms with van der Waals surface area (Å²) in [5.41, 5.74) is 0. The minimum absolute atomic E-state index is 0.743. The number of alkyl halides is 1. The van der Waals surface area contributed by atoms with Gasteiger partial charge in [0.25, 0.3) is 0 Å². The number of hydrogen-bond acceptors (Lipinski definition) is 0. The second-order valence-corrected chi connectivity index (χ2v) is 2.68. The highest BCUT2D eigenvalue weighted by Crippen LogP contribution is 1.92. The van der Waals surface area contributed by atoms with Gasteiger partial charge in [-0.3, -0.25) is 0 Å². The van der Waals surface area contributed by atoms with Crippen LogP contribution in [0, 0.1) is 11.8 Å². The molecule has 62 valence electrons. The number of halogens is 1. The fraction of sp³-hybridized carbons (Fsp3) is 0.600. The van der Waals surface area contributed by atoms with Crippen molar-refractivity contribution >= 4 is 11.6 Å². The molecule has 0 amide bonds. The van der Waals surface area contributed by atoms with Crippen LogP contribution in [0.1, 0.15) is 32.6 Å². The van der Waals surface area contributed by atoms with E-state index < -0.39 is 0 Å². The highest BCUT2D eigenvalue weighted by atomic mass is 35.5. The van der Waals surface area contributed by atoms with Crippen LogP contribution < -0.4 is 0 Å². The van der Waals surface area contributed by atoms with Gasteiger partial charge in [0.05, 0.1) is 0 Å². The Balaban J connectivity index is 3.23. The van der Waals surface area contributed by atoms with Crippen molar-refractivity contribution in [3.8, 4) is 11.8 Å². The highest BCUT2D eigenvalue weighted by molar-refractivity contribution is 6.17. The summed E-state index contributed by atoms with van der Waals surface area (Å²) < 4.78 is 0. The molecule has 0 nitrogen and oxygen atoms in total. The van der Waals surface area contributed by atoms with Gasteiger partial charge in [-0.05, 0) is 25.3 Å². The standard InChI is InChI=1S/C10H15Cl/c1-2-3-4-5-6-7-8-9-10-11/h6-7H,2-3,8-10H2,1H3/b7-6+. The van der Waals surface area contributed by atoms with Gasteiger partial charge in [-0.2, -0.15) is 0 Å². The third-order valence-electron chi connectivity index (χ3n) is 1.18. The molecule has 0 aliphatic heterocycles. The molecule has 0 bridgehead atoms. The molecule has 0 aromatic carbocycles. The van der Waals surface area contributed by atoms with Gasteiger partial charge in [0, 0.05) is 12.3 Å². The maximum absolute atomic E-state index is 5.49. The fourth-order valence-corrected chi connectivity index (χ4v) is 0.748. The third kappa shape index (κ3) is 9.59. The van der Waals surface area contributed by atoms with Crippen molar-refractivity contribution in [2.24, 2.45) is 0 Å². The minimum atomic E-state index is 0.743. The second kappa shape index (κ2) is 9.59. The molecule has 0 saturated carbocycles. The molecule has 11 heavy (non-hydrogen) atoms. The van der Waals surface area contributed by atoms with Gasteiger partial charge in [0.15, 0.2) is 0 Å². The minimum Gasteiger partial charge on any atom is -0.127 e. The zero-order chi connectivity index (χ0) is 8.36. The number of hydrogen-bond donors (Lipinski definition) is 0. The predicted octanol–water partition coefficient (Wildman–Crippen LogP) is 3.37. The Bertz CT molecular complexity index is 148. The van der Waals surface area contributed by atoms with E-state index in [9.17, 15) is 0 Å². The summed E-state index contributed by atoms with van der Waals surface area (Å²) in [5.74, 6) is 6.76. The molecule has 0 saturated heterocycles. The van der Waals surface area contributed by atoms with Crippen molar-refractivity contribution in [2.45, 2.75) is 32.6 Å². The lowest BCUT2D eigenvalue weighted by Gasteiger charge is -1.82. The van der Waals surface area contributed by atoms with Crippen molar-refractivity contribution in [3.05, 3.63) is 12.2 Å². The van der Waals surface area contributed by atoms with Gasteiger partial charge < -0.3 is 0 Å². The SMILES string of the molecule is CCCC#C/C=C/CCCCl. The topological polar surface area (TPSA) is 0 Å². The first-order valence-electron chi connectivity index (χ1n) is 4.11. The summed E-state index contributed by atoms with van der Waals surface area (Å²) in [7, 11) is 0. The smallest absolute Gasteiger partial charge is 0.0226 e. The van der Waals surface area contributed by atoms with Gasteiger partial charge in [0.2, 0.25) is 0 Å². The van der Waals surface area contributed by atoms with Crippen molar-refractivity contribution < 1.29 is 0 Å². The maximum atomic E-state index is 5.49. The Morgan fingerprint density at radius 1 is 1.45 bits per heavy atom. The van der Waals surface area contributed by atoms with Crippen molar-refractivity contribution in [2.75, 3.05) is 5.88 Å². The Morgan fingerprint density at radius 2 is 2.27 bits per heavy atom. The first kappa shape index (κ1) is 10.6. The molecule has 0 spiro atoms. The van der Waals surface area contributed by atoms with Crippen LogP contribution in [0.25, 0.3) is 0 Å². The van der Waals surface area contributed by atoms with Crippen LogP contribution in [0.2, 0.25) is 0 Å². The Morgan fingerprint density at radius 3 is 2.91 bits per heavy atom. The lowest BCUT2D eigenvalue weighted by Crippen LogP contribution is -1.69. The van der Waals surface area contributed by atoms with E-state index >= 15 is 0 Å². The van der Waals surface area contributed by atoms with Crippen molar-refractivity contribution in [3.63, 3.8) is 0 Å². The Labute approximate surface area is 74.6 Å². The molecular formula is C10H15Cl. The quantitative estimate of drug-likeness (QED) is 0.345. The van der Waals surface area contributed by atoms with E-state index in [0.717, 1.165) is 31.6 Å². The molecule has 0 rings (SSSR count). The largest absolute Gasteiger partial charge is 0.127 e. The van der Waals surface area contributed by atoms with Crippen LogP contribution in [0.5, 0.6) is 0 Å². The van der Waals surface area contributed by atoms with E-state index in [1.165, 1.54) is 0 Å². The van der Waals surface area contributed by atoms with Crippen molar-refractivity contribution in [1.82, 2.24) is 0 Å². The van der Waals surface area contributed by atoms with Gasteiger partial charge in [-0.25, -0.2) is 0 Å². The zero-order valence-electron chi connectivity index (χ0n) is 7.07. The molecule has 0 aromatic rings. The first-order valence-corrected chi connectivity index (χ1v) is 4.64. The molecule has 0 radical (unpaired) electrons. The van der Waals surface area contributed by atoms with Crippen LogP contribution in [0.15, 0.2) is 12.2 Å². The molecule has 0 N–H and O–H groups in total. The van der Waals surface area contributed by atoms with Crippen LogP contribution >= 0.6 is 11.6 Å². The van der Waals surface area contributed by atoms with Crippen LogP contribution in [0.3, 0.4) is 0 Å². The summed E-state index contributed by atoms with van der Waals surface area (Å²) >= 11 is 5.49. The molecule has 0 fully saturated rings. The highest BCUT2D eigenvalue weighted by Gasteiger charge is 1.76. The van der Waals surface area contributed by atoms with Crippen LogP contribution in [-0.2, 0) is 0 Å². The molecule has 0 aromatic heterocycles. The lowest BCUT2D eigenvalue weighted by atomic mass is 10.3. The normalized spacial score (nSPS) is 9.64. The Hall–Kier alpha value is -0.410. The fourth-order valence-electron chi connectivity index (χ4n) is 0.593. The van der Waals surface area contributed by atoms with Crippen LogP contribution in [-0.4, -0.2) is 5.88 Å². The van der Waals surface area contributed by atoms with Crippen LogP contribution in [0.4, 0.5) is 0 Å². The molecule has 0 heterocycles. The summed E-state index contributed by atoms with van der Waals surface area (Å²) in [6.07, 6.45) is 8.23. The average molecular weight is 171 g/mol. The lowest BCUT2D eigenvalue weighted by molar-refractivity contribution is 0.966. The molecule has 0 aliphatic rings. The van der Waals surface area contributed by atoms with Gasteiger partial charge in [0.1, 0.15) is 0 Å². The number of rotatable bonds is 4. The molecule has 0 unspecified atom stereocenters. The van der Waals surface area contributed by atoms with E-state index in [0.29, 0.717) is 0 Å². The maximum Gasteiger partial charge on any atom is 0.0226 e. The van der Waals surface area contributed by atoms with E-state index in [2.05, 4.69) is 24.8 Å².